The number of nitrogens with zero attached hydrogens (tertiary/aromatic N) is 2. The summed E-state index contributed by atoms with van der Waals surface area (Å²) in [7, 11) is 0. The molecule has 0 bridgehead atoms. The van der Waals surface area contributed by atoms with Gasteiger partial charge in [-0.3, -0.25) is 4.79 Å². The van der Waals surface area contributed by atoms with Gasteiger partial charge in [-0.15, -0.1) is 0 Å². The molecule has 32 heavy (non-hydrogen) atoms. The van der Waals surface area contributed by atoms with Crippen LogP contribution in [0.5, 0.6) is 0 Å². The molecule has 0 N–H and O–H groups in total. The van der Waals surface area contributed by atoms with E-state index in [0.717, 1.165) is 17.1 Å². The van der Waals surface area contributed by atoms with Crippen molar-refractivity contribution < 1.29 is 4.79 Å². The van der Waals surface area contributed by atoms with Crippen LogP contribution in [0.2, 0.25) is 0 Å². The van der Waals surface area contributed by atoms with E-state index in [1.54, 1.807) is 0 Å². The third-order valence-electron chi connectivity index (χ3n) is 6.51. The zero-order valence-electron chi connectivity index (χ0n) is 19.9. The average Bonchev–Trinajstić information content (AvgIpc) is 2.76. The molecule has 0 atom stereocenters. The lowest BCUT2D eigenvalue weighted by Gasteiger charge is -2.45. The number of anilines is 1. The van der Waals surface area contributed by atoms with Gasteiger partial charge >= 0.3 is 0 Å². The van der Waals surface area contributed by atoms with Crippen molar-refractivity contribution in [3.8, 4) is 0 Å². The molecule has 1 aromatic heterocycles. The molecule has 0 fully saturated rings. The van der Waals surface area contributed by atoms with Crippen LogP contribution in [-0.4, -0.2) is 23.4 Å². The number of carbonyl (C=O) groups excluding carboxylic acids is 1. The Bertz CT molecular complexity index is 1040. The van der Waals surface area contributed by atoms with Crippen LogP contribution in [0.1, 0.15) is 61.8 Å². The quantitative estimate of drug-likeness (QED) is 0.483. The fraction of sp³-hybridized carbons (Fsp3) is 0.379. The van der Waals surface area contributed by atoms with Gasteiger partial charge in [0.05, 0.1) is 11.0 Å². The Balaban J connectivity index is 1.85. The summed E-state index contributed by atoms with van der Waals surface area (Å²) in [6, 6.07) is 25.1. The van der Waals surface area contributed by atoms with Crippen molar-refractivity contribution in [1.29, 1.82) is 0 Å². The molecule has 0 saturated carbocycles. The molecule has 0 amide bonds. The molecule has 1 aliphatic rings. The smallest absolute Gasteiger partial charge is 0.175 e. The number of pyridine rings is 1. The highest BCUT2D eigenvalue weighted by molar-refractivity contribution is 6.07. The molecule has 3 nitrogen and oxygen atoms in total. The number of benzene rings is 2. The summed E-state index contributed by atoms with van der Waals surface area (Å²) < 4.78 is 0. The number of Topliss-reactive ketones (excluding diaryl/α,β-unsaturated/α-hetero) is 1. The molecule has 0 spiro atoms. The van der Waals surface area contributed by atoms with Crippen molar-refractivity contribution in [2.75, 3.05) is 11.4 Å². The third kappa shape index (κ3) is 4.34. The number of hydrogen-bond donors (Lipinski definition) is 0. The number of aromatic nitrogens is 1. The second kappa shape index (κ2) is 8.54. The maximum Gasteiger partial charge on any atom is 0.175 e. The SMILES string of the molecule is CC(C)N1CC(Cc2ccccc2)(Cc2ccccc2)C(=O)c2ccc(C(C)(C)C)nc21. The Kier molecular flexibility index (Phi) is 5.94. The lowest BCUT2D eigenvalue weighted by atomic mass is 9.69. The largest absolute Gasteiger partial charge is 0.353 e. The summed E-state index contributed by atoms with van der Waals surface area (Å²) in [5.41, 5.74) is 3.57. The van der Waals surface area contributed by atoms with Crippen molar-refractivity contribution in [2.45, 2.75) is 58.9 Å². The highest BCUT2D eigenvalue weighted by Gasteiger charge is 2.47. The van der Waals surface area contributed by atoms with E-state index in [1.165, 1.54) is 11.1 Å². The zero-order chi connectivity index (χ0) is 22.9. The average molecular weight is 427 g/mol. The van der Waals surface area contributed by atoms with E-state index in [1.807, 2.05) is 24.3 Å². The normalized spacial score (nSPS) is 15.7. The van der Waals surface area contributed by atoms with Crippen molar-refractivity contribution in [1.82, 2.24) is 4.98 Å². The van der Waals surface area contributed by atoms with E-state index in [-0.39, 0.29) is 17.2 Å². The zero-order valence-corrected chi connectivity index (χ0v) is 19.9. The highest BCUT2D eigenvalue weighted by atomic mass is 16.1. The molecular weight excluding hydrogens is 392 g/mol. The minimum absolute atomic E-state index is 0.0661. The van der Waals surface area contributed by atoms with E-state index in [9.17, 15) is 4.79 Å². The van der Waals surface area contributed by atoms with Gasteiger partial charge in [0.1, 0.15) is 5.82 Å². The van der Waals surface area contributed by atoms with Crippen LogP contribution in [0.3, 0.4) is 0 Å². The topological polar surface area (TPSA) is 33.2 Å². The van der Waals surface area contributed by atoms with E-state index in [2.05, 4.69) is 88.0 Å². The van der Waals surface area contributed by atoms with Crippen molar-refractivity contribution >= 4 is 11.6 Å². The maximum absolute atomic E-state index is 14.2. The molecule has 2 heterocycles. The monoisotopic (exact) mass is 426 g/mol. The molecule has 166 valence electrons. The van der Waals surface area contributed by atoms with Gasteiger partial charge in [0, 0.05) is 23.7 Å². The molecule has 0 radical (unpaired) electrons. The summed E-state index contributed by atoms with van der Waals surface area (Å²) in [4.78, 5) is 21.6. The van der Waals surface area contributed by atoms with Gasteiger partial charge in [0.2, 0.25) is 0 Å². The first-order valence-corrected chi connectivity index (χ1v) is 11.6. The van der Waals surface area contributed by atoms with Gasteiger partial charge in [-0.2, -0.15) is 0 Å². The van der Waals surface area contributed by atoms with Crippen molar-refractivity contribution in [3.63, 3.8) is 0 Å². The first-order chi connectivity index (χ1) is 15.2. The first-order valence-electron chi connectivity index (χ1n) is 11.6. The summed E-state index contributed by atoms with van der Waals surface area (Å²) in [5.74, 6) is 1.05. The van der Waals surface area contributed by atoms with Gasteiger partial charge < -0.3 is 4.90 Å². The van der Waals surface area contributed by atoms with Crippen LogP contribution in [0.25, 0.3) is 0 Å². The lowest BCUT2D eigenvalue weighted by molar-refractivity contribution is 0.0779. The lowest BCUT2D eigenvalue weighted by Crippen LogP contribution is -2.53. The maximum atomic E-state index is 14.2. The fourth-order valence-electron chi connectivity index (χ4n) is 4.76. The molecule has 3 aromatic rings. The molecule has 1 aliphatic heterocycles. The molecule has 0 unspecified atom stereocenters. The van der Waals surface area contributed by atoms with Crippen LogP contribution < -0.4 is 4.90 Å². The Labute approximate surface area is 192 Å². The van der Waals surface area contributed by atoms with E-state index < -0.39 is 5.41 Å². The molecule has 0 saturated heterocycles. The van der Waals surface area contributed by atoms with Gasteiger partial charge in [-0.05, 0) is 49.9 Å². The van der Waals surface area contributed by atoms with Crippen LogP contribution in [-0.2, 0) is 18.3 Å². The van der Waals surface area contributed by atoms with E-state index >= 15 is 0 Å². The Hall–Kier alpha value is -2.94. The van der Waals surface area contributed by atoms with Crippen molar-refractivity contribution in [2.24, 2.45) is 5.41 Å². The molecule has 0 aliphatic carbocycles. The van der Waals surface area contributed by atoms with Crippen LogP contribution in [0.15, 0.2) is 72.8 Å². The molecule has 3 heteroatoms. The number of fused-ring (bicyclic) bond motifs is 1. The molecular formula is C29H34N2O. The second-order valence-electron chi connectivity index (χ2n) is 10.5. The van der Waals surface area contributed by atoms with E-state index in [4.69, 9.17) is 4.98 Å². The number of rotatable bonds is 5. The predicted octanol–water partition coefficient (Wildman–Crippen LogP) is 6.26. The number of ketones is 1. The fourth-order valence-corrected chi connectivity index (χ4v) is 4.76. The summed E-state index contributed by atoms with van der Waals surface area (Å²) >= 11 is 0. The summed E-state index contributed by atoms with van der Waals surface area (Å²) in [6.07, 6.45) is 1.43. The number of carbonyl (C=O) groups is 1. The van der Waals surface area contributed by atoms with Gasteiger partial charge in [-0.25, -0.2) is 4.98 Å². The summed E-state index contributed by atoms with van der Waals surface area (Å²) in [6.45, 7) is 11.6. The second-order valence-corrected chi connectivity index (χ2v) is 10.5. The highest BCUT2D eigenvalue weighted by Crippen LogP contribution is 2.42. The first kappa shape index (κ1) is 22.3. The van der Waals surface area contributed by atoms with Gasteiger partial charge in [-0.1, -0.05) is 81.4 Å². The predicted molar refractivity (Wildman–Crippen MR) is 132 cm³/mol. The minimum atomic E-state index is -0.537. The number of hydrogen-bond acceptors (Lipinski definition) is 3. The Morgan fingerprint density at radius 1 is 0.875 bits per heavy atom. The van der Waals surface area contributed by atoms with Crippen LogP contribution in [0, 0.1) is 5.41 Å². The van der Waals surface area contributed by atoms with E-state index in [0.29, 0.717) is 19.4 Å². The van der Waals surface area contributed by atoms with Crippen molar-refractivity contribution in [3.05, 3.63) is 95.2 Å². The van der Waals surface area contributed by atoms with Gasteiger partial charge in [0.15, 0.2) is 5.78 Å². The van der Waals surface area contributed by atoms with Crippen LogP contribution >= 0.6 is 0 Å². The molecule has 2 aromatic carbocycles. The minimum Gasteiger partial charge on any atom is -0.353 e. The Morgan fingerprint density at radius 2 is 1.41 bits per heavy atom. The van der Waals surface area contributed by atoms with Crippen LogP contribution in [0.4, 0.5) is 5.82 Å². The Morgan fingerprint density at radius 3 is 1.88 bits per heavy atom. The molecule has 4 rings (SSSR count). The third-order valence-corrected chi connectivity index (χ3v) is 6.51. The standard InChI is InChI=1S/C29H34N2O/c1-21(2)31-20-29(18-22-12-8-6-9-13-22,19-23-14-10-7-11-15-23)26(32)24-16-17-25(28(3,4)5)30-27(24)31/h6-17,21H,18-20H2,1-5H3. The van der Waals surface area contributed by atoms with Gasteiger partial charge in [0.25, 0.3) is 0 Å². The summed E-state index contributed by atoms with van der Waals surface area (Å²) in [5, 5.41) is 0.